The molecule has 2 rings (SSSR count). The van der Waals surface area contributed by atoms with Crippen LogP contribution in [0.5, 0.6) is 0 Å². The maximum absolute atomic E-state index is 11.4. The lowest BCUT2D eigenvalue weighted by Gasteiger charge is -2.08. The molecule has 0 aliphatic rings. The van der Waals surface area contributed by atoms with Crippen molar-refractivity contribution >= 4 is 11.7 Å². The van der Waals surface area contributed by atoms with Gasteiger partial charge in [-0.2, -0.15) is 5.26 Å². The van der Waals surface area contributed by atoms with Gasteiger partial charge in [0.05, 0.1) is 24.3 Å². The van der Waals surface area contributed by atoms with Crippen LogP contribution in [0.3, 0.4) is 0 Å². The van der Waals surface area contributed by atoms with Gasteiger partial charge in [-0.25, -0.2) is 4.79 Å². The number of benzene rings is 2. The minimum Gasteiger partial charge on any atom is -0.465 e. The van der Waals surface area contributed by atoms with Crippen LogP contribution in [-0.2, 0) is 11.3 Å². The average molecular weight is 266 g/mol. The van der Waals surface area contributed by atoms with Crippen LogP contribution in [0.25, 0.3) is 0 Å². The number of rotatable bonds is 4. The van der Waals surface area contributed by atoms with Crippen LogP contribution in [0.4, 0.5) is 5.69 Å². The van der Waals surface area contributed by atoms with Crippen molar-refractivity contribution in [1.82, 2.24) is 0 Å². The number of hydrogen-bond acceptors (Lipinski definition) is 4. The monoisotopic (exact) mass is 266 g/mol. The summed E-state index contributed by atoms with van der Waals surface area (Å²) in [5.41, 5.74) is 2.97. The predicted octanol–water partition coefficient (Wildman–Crippen LogP) is 2.96. The molecule has 4 nitrogen and oxygen atoms in total. The van der Waals surface area contributed by atoms with E-state index in [0.29, 0.717) is 17.7 Å². The maximum Gasteiger partial charge on any atom is 0.337 e. The smallest absolute Gasteiger partial charge is 0.337 e. The number of hydrogen-bond donors (Lipinski definition) is 1. The molecule has 0 spiro atoms. The van der Waals surface area contributed by atoms with Crippen LogP contribution in [0.15, 0.2) is 48.5 Å². The third-order valence-electron chi connectivity index (χ3n) is 2.84. The number of carbonyl (C=O) groups is 1. The van der Waals surface area contributed by atoms with Crippen LogP contribution < -0.4 is 5.32 Å². The summed E-state index contributed by atoms with van der Waals surface area (Å²) in [7, 11) is 1.36. The Hall–Kier alpha value is -2.80. The lowest BCUT2D eigenvalue weighted by atomic mass is 10.1. The molecule has 1 N–H and O–H groups in total. The van der Waals surface area contributed by atoms with E-state index in [1.165, 1.54) is 7.11 Å². The largest absolute Gasteiger partial charge is 0.465 e. The molecular weight excluding hydrogens is 252 g/mol. The molecule has 0 aromatic heterocycles. The van der Waals surface area contributed by atoms with Gasteiger partial charge >= 0.3 is 5.97 Å². The molecule has 0 unspecified atom stereocenters. The first-order valence-corrected chi connectivity index (χ1v) is 6.14. The Labute approximate surface area is 117 Å². The van der Waals surface area contributed by atoms with Gasteiger partial charge in [0.2, 0.25) is 0 Å². The van der Waals surface area contributed by atoms with Crippen LogP contribution in [0.1, 0.15) is 21.5 Å². The van der Waals surface area contributed by atoms with Gasteiger partial charge in [-0.1, -0.05) is 18.2 Å². The quantitative estimate of drug-likeness (QED) is 0.864. The van der Waals surface area contributed by atoms with Crippen molar-refractivity contribution in [2.75, 3.05) is 12.4 Å². The third-order valence-corrected chi connectivity index (χ3v) is 2.84. The van der Waals surface area contributed by atoms with Crippen molar-refractivity contribution in [1.29, 1.82) is 5.26 Å². The Morgan fingerprint density at radius 1 is 1.25 bits per heavy atom. The van der Waals surface area contributed by atoms with Gasteiger partial charge in [0.15, 0.2) is 0 Å². The Morgan fingerprint density at radius 3 is 2.80 bits per heavy atom. The lowest BCUT2D eigenvalue weighted by Crippen LogP contribution is -2.04. The molecule has 0 atom stereocenters. The number of anilines is 1. The lowest BCUT2D eigenvalue weighted by molar-refractivity contribution is 0.0601. The van der Waals surface area contributed by atoms with E-state index in [1.807, 2.05) is 24.3 Å². The zero-order chi connectivity index (χ0) is 14.4. The van der Waals surface area contributed by atoms with Gasteiger partial charge in [0, 0.05) is 12.2 Å². The highest BCUT2D eigenvalue weighted by Gasteiger charge is 2.05. The van der Waals surface area contributed by atoms with Crippen molar-refractivity contribution < 1.29 is 9.53 Å². The molecule has 0 saturated carbocycles. The molecule has 20 heavy (non-hydrogen) atoms. The summed E-state index contributed by atoms with van der Waals surface area (Å²) in [6.45, 7) is 0.583. The summed E-state index contributed by atoms with van der Waals surface area (Å²) < 4.78 is 4.68. The van der Waals surface area contributed by atoms with Gasteiger partial charge < -0.3 is 10.1 Å². The number of methoxy groups -OCH3 is 1. The highest BCUT2D eigenvalue weighted by atomic mass is 16.5. The Balaban J connectivity index is 2.07. The number of nitriles is 1. The fourth-order valence-corrected chi connectivity index (χ4v) is 1.83. The standard InChI is InChI=1S/C16H14N2O2/c1-20-16(19)14-6-3-7-15(9-14)18-11-13-5-2-4-12(8-13)10-17/h2-9,18H,11H2,1H3. The zero-order valence-electron chi connectivity index (χ0n) is 11.1. The van der Waals surface area contributed by atoms with E-state index in [1.54, 1.807) is 24.3 Å². The maximum atomic E-state index is 11.4. The van der Waals surface area contributed by atoms with E-state index in [4.69, 9.17) is 5.26 Å². The van der Waals surface area contributed by atoms with Crippen molar-refractivity contribution in [2.24, 2.45) is 0 Å². The number of esters is 1. The van der Waals surface area contributed by atoms with Crippen molar-refractivity contribution in [3.05, 3.63) is 65.2 Å². The normalized spacial score (nSPS) is 9.60. The van der Waals surface area contributed by atoms with E-state index in [-0.39, 0.29) is 5.97 Å². The van der Waals surface area contributed by atoms with E-state index < -0.39 is 0 Å². The summed E-state index contributed by atoms with van der Waals surface area (Å²) >= 11 is 0. The average Bonchev–Trinajstić information content (AvgIpc) is 2.52. The molecular formula is C16H14N2O2. The van der Waals surface area contributed by atoms with Gasteiger partial charge in [0.25, 0.3) is 0 Å². The highest BCUT2D eigenvalue weighted by molar-refractivity contribution is 5.90. The van der Waals surface area contributed by atoms with E-state index in [2.05, 4.69) is 16.1 Å². The fourth-order valence-electron chi connectivity index (χ4n) is 1.83. The molecule has 2 aromatic carbocycles. The second-order valence-electron chi connectivity index (χ2n) is 4.24. The van der Waals surface area contributed by atoms with Gasteiger partial charge in [-0.15, -0.1) is 0 Å². The van der Waals surface area contributed by atoms with E-state index in [9.17, 15) is 4.79 Å². The molecule has 0 fully saturated rings. The third kappa shape index (κ3) is 3.36. The first-order valence-electron chi connectivity index (χ1n) is 6.14. The number of nitrogens with zero attached hydrogens (tertiary/aromatic N) is 1. The van der Waals surface area contributed by atoms with Gasteiger partial charge in [0.1, 0.15) is 0 Å². The number of nitrogens with one attached hydrogen (secondary N) is 1. The SMILES string of the molecule is COC(=O)c1cccc(NCc2cccc(C#N)c2)c1. The van der Waals surface area contributed by atoms with Crippen LogP contribution in [-0.4, -0.2) is 13.1 Å². The topological polar surface area (TPSA) is 62.1 Å². The summed E-state index contributed by atoms with van der Waals surface area (Å²) in [5.74, 6) is -0.361. The molecule has 0 bridgehead atoms. The molecule has 100 valence electrons. The molecule has 0 aliphatic carbocycles. The number of carbonyl (C=O) groups excluding carboxylic acids is 1. The second kappa shape index (κ2) is 6.39. The van der Waals surface area contributed by atoms with E-state index >= 15 is 0 Å². The Kier molecular flexibility index (Phi) is 4.35. The Bertz CT molecular complexity index is 660. The van der Waals surface area contributed by atoms with Crippen LogP contribution >= 0.6 is 0 Å². The minimum atomic E-state index is -0.361. The van der Waals surface area contributed by atoms with Crippen LogP contribution in [0.2, 0.25) is 0 Å². The molecule has 0 radical (unpaired) electrons. The summed E-state index contributed by atoms with van der Waals surface area (Å²) in [4.78, 5) is 11.4. The highest BCUT2D eigenvalue weighted by Crippen LogP contribution is 2.13. The summed E-state index contributed by atoms with van der Waals surface area (Å²) in [6.07, 6.45) is 0. The van der Waals surface area contributed by atoms with Crippen molar-refractivity contribution in [3.63, 3.8) is 0 Å². The predicted molar refractivity (Wildman–Crippen MR) is 76.3 cm³/mol. The fraction of sp³-hybridized carbons (Fsp3) is 0.125. The molecule has 2 aromatic rings. The van der Waals surface area contributed by atoms with Gasteiger partial charge in [-0.05, 0) is 35.9 Å². The van der Waals surface area contributed by atoms with Crippen LogP contribution in [0, 0.1) is 11.3 Å². The molecule has 0 heterocycles. The minimum absolute atomic E-state index is 0.361. The zero-order valence-corrected chi connectivity index (χ0v) is 11.1. The first kappa shape index (κ1) is 13.6. The Morgan fingerprint density at radius 2 is 2.05 bits per heavy atom. The van der Waals surface area contributed by atoms with Gasteiger partial charge in [-0.3, -0.25) is 0 Å². The molecule has 4 heteroatoms. The van der Waals surface area contributed by atoms with E-state index in [0.717, 1.165) is 11.3 Å². The van der Waals surface area contributed by atoms with Crippen molar-refractivity contribution in [2.45, 2.75) is 6.54 Å². The molecule has 0 saturated heterocycles. The second-order valence-corrected chi connectivity index (χ2v) is 4.24. The molecule has 0 aliphatic heterocycles. The first-order chi connectivity index (χ1) is 9.72. The summed E-state index contributed by atoms with van der Waals surface area (Å²) in [5, 5.41) is 12.1. The van der Waals surface area contributed by atoms with Crippen molar-refractivity contribution in [3.8, 4) is 6.07 Å². The number of ether oxygens (including phenoxy) is 1. The summed E-state index contributed by atoms with van der Waals surface area (Å²) in [6, 6.07) is 16.6. The molecule has 0 amide bonds.